The number of hydrogen-bond donors (Lipinski definition) is 1. The van der Waals surface area contributed by atoms with Gasteiger partial charge in [0.15, 0.2) is 5.78 Å². The van der Waals surface area contributed by atoms with Gasteiger partial charge in [-0.3, -0.25) is 4.79 Å². The van der Waals surface area contributed by atoms with E-state index in [1.165, 1.54) is 0 Å². The molecule has 0 atom stereocenters. The predicted octanol–water partition coefficient (Wildman–Crippen LogP) is 2.17. The molecule has 1 N–H and O–H groups in total. The molecule has 0 unspecified atom stereocenters. The maximum Gasteiger partial charge on any atom is 0.167 e. The summed E-state index contributed by atoms with van der Waals surface area (Å²) in [5.41, 5.74) is 1.32. The lowest BCUT2D eigenvalue weighted by molar-refractivity contribution is 0.0992. The summed E-state index contributed by atoms with van der Waals surface area (Å²) in [6.45, 7) is 0. The number of phenols is 1. The lowest BCUT2D eigenvalue weighted by Crippen LogP contribution is -1.91. The first kappa shape index (κ1) is 7.62. The first-order valence-electron chi connectivity index (χ1n) is 3.73. The third kappa shape index (κ3) is 0.916. The van der Waals surface area contributed by atoms with Gasteiger partial charge in [-0.05, 0) is 18.1 Å². The molecule has 0 saturated carbocycles. The Balaban J connectivity index is 2.71. The van der Waals surface area contributed by atoms with Crippen LogP contribution >= 0.6 is 11.6 Å². The average Bonchev–Trinajstić information content (AvgIpc) is 2.41. The lowest BCUT2D eigenvalue weighted by Gasteiger charge is -2.01. The number of fused-ring (bicyclic) bond motifs is 1. The minimum atomic E-state index is -0.0586. The van der Waals surface area contributed by atoms with E-state index in [1.807, 2.05) is 0 Å². The summed E-state index contributed by atoms with van der Waals surface area (Å²) < 4.78 is 0. The van der Waals surface area contributed by atoms with Crippen LogP contribution in [-0.2, 0) is 6.42 Å². The van der Waals surface area contributed by atoms with E-state index in [1.54, 1.807) is 12.1 Å². The Hall–Kier alpha value is -1.02. The van der Waals surface area contributed by atoms with Gasteiger partial charge in [0.25, 0.3) is 0 Å². The molecule has 0 bridgehead atoms. The molecule has 3 heteroatoms. The quantitative estimate of drug-likeness (QED) is 0.668. The molecule has 0 amide bonds. The summed E-state index contributed by atoms with van der Waals surface area (Å²) >= 11 is 5.66. The number of aromatic hydroxyl groups is 1. The van der Waals surface area contributed by atoms with E-state index in [4.69, 9.17) is 11.6 Å². The molecule has 62 valence electrons. The number of aryl methyl sites for hydroxylation is 1. The third-order valence-electron chi connectivity index (χ3n) is 2.12. The van der Waals surface area contributed by atoms with Gasteiger partial charge in [0.2, 0.25) is 0 Å². The van der Waals surface area contributed by atoms with Crippen molar-refractivity contribution in [2.45, 2.75) is 12.8 Å². The van der Waals surface area contributed by atoms with E-state index in [9.17, 15) is 9.90 Å². The van der Waals surface area contributed by atoms with Gasteiger partial charge < -0.3 is 5.11 Å². The average molecular weight is 183 g/mol. The fourth-order valence-corrected chi connectivity index (χ4v) is 1.66. The molecule has 2 rings (SSSR count). The Morgan fingerprint density at radius 1 is 1.33 bits per heavy atom. The molecule has 0 radical (unpaired) electrons. The van der Waals surface area contributed by atoms with Gasteiger partial charge in [0.1, 0.15) is 5.75 Å². The highest BCUT2D eigenvalue weighted by atomic mass is 35.5. The highest BCUT2D eigenvalue weighted by Gasteiger charge is 2.24. The van der Waals surface area contributed by atoms with Gasteiger partial charge in [-0.15, -0.1) is 0 Å². The van der Waals surface area contributed by atoms with Crippen LogP contribution in [0.1, 0.15) is 22.3 Å². The van der Waals surface area contributed by atoms with Crippen LogP contribution in [0.3, 0.4) is 0 Å². The molecule has 0 spiro atoms. The van der Waals surface area contributed by atoms with Crippen molar-refractivity contribution in [1.82, 2.24) is 0 Å². The molecule has 1 aliphatic carbocycles. The van der Waals surface area contributed by atoms with Gasteiger partial charge in [-0.1, -0.05) is 17.7 Å². The van der Waals surface area contributed by atoms with E-state index < -0.39 is 0 Å². The molecule has 12 heavy (non-hydrogen) atoms. The second-order valence-corrected chi connectivity index (χ2v) is 3.26. The summed E-state index contributed by atoms with van der Waals surface area (Å²) in [5.74, 6) is -0.0679. The number of ketones is 1. The number of carbonyl (C=O) groups is 1. The first-order valence-corrected chi connectivity index (χ1v) is 4.11. The minimum absolute atomic E-state index is 0.00926. The van der Waals surface area contributed by atoms with Crippen molar-refractivity contribution in [3.8, 4) is 5.75 Å². The maximum absolute atomic E-state index is 11.2. The standard InChI is InChI=1S/C9H7ClO2/c10-6-3-1-5-2-4-7(11)8(5)9(6)12/h1,3,12H,2,4H2. The fourth-order valence-electron chi connectivity index (χ4n) is 1.50. The zero-order valence-corrected chi connectivity index (χ0v) is 7.06. The summed E-state index contributed by atoms with van der Waals surface area (Å²) in [4.78, 5) is 11.2. The monoisotopic (exact) mass is 182 g/mol. The largest absolute Gasteiger partial charge is 0.506 e. The number of carbonyl (C=O) groups excluding carboxylic acids is 1. The summed E-state index contributed by atoms with van der Waals surface area (Å²) in [5, 5.41) is 9.69. The third-order valence-corrected chi connectivity index (χ3v) is 2.42. The molecule has 0 heterocycles. The van der Waals surface area contributed by atoms with E-state index in [0.717, 1.165) is 12.0 Å². The van der Waals surface area contributed by atoms with Crippen molar-refractivity contribution in [3.63, 3.8) is 0 Å². The second-order valence-electron chi connectivity index (χ2n) is 2.85. The van der Waals surface area contributed by atoms with Crippen molar-refractivity contribution >= 4 is 17.4 Å². The fraction of sp³-hybridized carbons (Fsp3) is 0.222. The highest BCUT2D eigenvalue weighted by Crippen LogP contribution is 2.35. The Morgan fingerprint density at radius 2 is 2.08 bits per heavy atom. The van der Waals surface area contributed by atoms with Crippen LogP contribution in [0.5, 0.6) is 5.75 Å². The smallest absolute Gasteiger partial charge is 0.167 e. The number of phenolic OH excluding ortho intramolecular Hbond substituents is 1. The van der Waals surface area contributed by atoms with E-state index in [2.05, 4.69) is 0 Å². The van der Waals surface area contributed by atoms with E-state index >= 15 is 0 Å². The van der Waals surface area contributed by atoms with Gasteiger partial charge >= 0.3 is 0 Å². The minimum Gasteiger partial charge on any atom is -0.506 e. The van der Waals surface area contributed by atoms with Crippen LogP contribution < -0.4 is 0 Å². The Kier molecular flexibility index (Phi) is 1.58. The Bertz CT molecular complexity index is 358. The second kappa shape index (κ2) is 2.49. The van der Waals surface area contributed by atoms with Crippen LogP contribution in [0.25, 0.3) is 0 Å². The Morgan fingerprint density at radius 3 is 2.83 bits per heavy atom. The molecule has 0 fully saturated rings. The number of halogens is 1. The molecule has 0 aliphatic heterocycles. The summed E-state index contributed by atoms with van der Waals surface area (Å²) in [6, 6.07) is 3.41. The molecule has 0 saturated heterocycles. The van der Waals surface area contributed by atoms with Crippen molar-refractivity contribution in [2.24, 2.45) is 0 Å². The molecular formula is C9H7ClO2. The lowest BCUT2D eigenvalue weighted by atomic mass is 10.1. The van der Waals surface area contributed by atoms with Crippen LogP contribution in [0.4, 0.5) is 0 Å². The van der Waals surface area contributed by atoms with Gasteiger partial charge in [0, 0.05) is 6.42 Å². The van der Waals surface area contributed by atoms with E-state index in [-0.39, 0.29) is 16.6 Å². The normalized spacial score (nSPS) is 14.9. The van der Waals surface area contributed by atoms with Gasteiger partial charge in [-0.25, -0.2) is 0 Å². The van der Waals surface area contributed by atoms with Gasteiger partial charge in [-0.2, -0.15) is 0 Å². The van der Waals surface area contributed by atoms with Gasteiger partial charge in [0.05, 0.1) is 10.6 Å². The summed E-state index contributed by atoms with van der Waals surface area (Å²) in [6.07, 6.45) is 1.21. The SMILES string of the molecule is O=C1CCc2ccc(Cl)c(O)c21. The molecule has 1 aromatic carbocycles. The zero-order valence-electron chi connectivity index (χ0n) is 6.30. The predicted molar refractivity (Wildman–Crippen MR) is 45.8 cm³/mol. The zero-order chi connectivity index (χ0) is 8.72. The first-order chi connectivity index (χ1) is 5.70. The van der Waals surface area contributed by atoms with Crippen LogP contribution in [0, 0.1) is 0 Å². The van der Waals surface area contributed by atoms with Crippen LogP contribution in [0.15, 0.2) is 12.1 Å². The van der Waals surface area contributed by atoms with Crippen molar-refractivity contribution in [2.75, 3.05) is 0 Å². The molecular weight excluding hydrogens is 176 g/mol. The molecule has 2 nitrogen and oxygen atoms in total. The summed E-state index contributed by atoms with van der Waals surface area (Å²) in [7, 11) is 0. The van der Waals surface area contributed by atoms with Crippen molar-refractivity contribution in [1.29, 1.82) is 0 Å². The number of rotatable bonds is 0. The maximum atomic E-state index is 11.2. The van der Waals surface area contributed by atoms with Crippen molar-refractivity contribution in [3.05, 3.63) is 28.3 Å². The number of benzene rings is 1. The van der Waals surface area contributed by atoms with Crippen LogP contribution in [-0.4, -0.2) is 10.9 Å². The van der Waals surface area contributed by atoms with Crippen molar-refractivity contribution < 1.29 is 9.90 Å². The Labute approximate surface area is 74.8 Å². The topological polar surface area (TPSA) is 37.3 Å². The van der Waals surface area contributed by atoms with Crippen LogP contribution in [0.2, 0.25) is 5.02 Å². The van der Waals surface area contributed by atoms with E-state index in [0.29, 0.717) is 12.0 Å². The molecule has 1 aliphatic rings. The highest BCUT2D eigenvalue weighted by molar-refractivity contribution is 6.32. The molecule has 1 aromatic rings. The number of Topliss-reactive ketones (excluding diaryl/α,β-unsaturated/α-hetero) is 1. The molecule has 0 aromatic heterocycles. The number of hydrogen-bond acceptors (Lipinski definition) is 2.